The van der Waals surface area contributed by atoms with Crippen LogP contribution in [0, 0.1) is 0 Å². The first-order chi connectivity index (χ1) is 5.41. The van der Waals surface area contributed by atoms with Crippen molar-refractivity contribution in [3.63, 3.8) is 0 Å². The summed E-state index contributed by atoms with van der Waals surface area (Å²) in [5, 5.41) is 7.05. The molecule has 2 fully saturated rings. The molecule has 2 aliphatic heterocycles. The second kappa shape index (κ2) is 3.11. The summed E-state index contributed by atoms with van der Waals surface area (Å²) in [6.45, 7) is 3.71. The number of rotatable bonds is 0. The zero-order chi connectivity index (χ0) is 7.57. The zero-order valence-corrected chi connectivity index (χ0v) is 7.16. The fraction of sp³-hybridized carbons (Fsp3) is 1.00. The van der Waals surface area contributed by atoms with Crippen molar-refractivity contribution in [3.8, 4) is 0 Å². The summed E-state index contributed by atoms with van der Waals surface area (Å²) in [7, 11) is 0. The first kappa shape index (κ1) is 7.56. The monoisotopic (exact) mass is 154 g/mol. The van der Waals surface area contributed by atoms with E-state index in [9.17, 15) is 0 Å². The quantitative estimate of drug-likeness (QED) is 0.541. The topological polar surface area (TPSA) is 24.1 Å². The molecule has 0 saturated carbocycles. The van der Waals surface area contributed by atoms with Gasteiger partial charge in [-0.25, -0.2) is 0 Å². The van der Waals surface area contributed by atoms with Gasteiger partial charge in [0.05, 0.1) is 0 Å². The van der Waals surface area contributed by atoms with Crippen LogP contribution in [-0.2, 0) is 0 Å². The Bertz CT molecular complexity index is 120. The van der Waals surface area contributed by atoms with Gasteiger partial charge in [-0.15, -0.1) is 0 Å². The lowest BCUT2D eigenvalue weighted by Gasteiger charge is -2.44. The Morgan fingerprint density at radius 1 is 0.818 bits per heavy atom. The Balaban J connectivity index is 1.86. The second-order valence-electron chi connectivity index (χ2n) is 3.91. The average molecular weight is 154 g/mol. The van der Waals surface area contributed by atoms with Gasteiger partial charge in [-0.2, -0.15) is 0 Å². The van der Waals surface area contributed by atoms with Gasteiger partial charge in [0.2, 0.25) is 0 Å². The minimum atomic E-state index is 0.585. The smallest absolute Gasteiger partial charge is 0.0194 e. The van der Waals surface area contributed by atoms with Crippen molar-refractivity contribution in [2.45, 2.75) is 37.6 Å². The van der Waals surface area contributed by atoms with Gasteiger partial charge in [0.15, 0.2) is 0 Å². The molecule has 0 amide bonds. The van der Waals surface area contributed by atoms with Gasteiger partial charge >= 0.3 is 0 Å². The fourth-order valence-corrected chi connectivity index (χ4v) is 2.26. The van der Waals surface area contributed by atoms with Crippen LogP contribution in [0.3, 0.4) is 0 Å². The molecule has 2 nitrogen and oxygen atoms in total. The minimum Gasteiger partial charge on any atom is -0.317 e. The normalized spacial score (nSPS) is 30.5. The van der Waals surface area contributed by atoms with Crippen LogP contribution in [0.25, 0.3) is 0 Å². The first-order valence-corrected chi connectivity index (χ1v) is 4.87. The molecule has 0 bridgehead atoms. The van der Waals surface area contributed by atoms with E-state index in [0.29, 0.717) is 5.54 Å². The lowest BCUT2D eigenvalue weighted by molar-refractivity contribution is 0.162. The van der Waals surface area contributed by atoms with Gasteiger partial charge in [-0.3, -0.25) is 0 Å². The molecule has 0 aliphatic carbocycles. The molecule has 2 aliphatic rings. The van der Waals surface area contributed by atoms with Gasteiger partial charge in [-0.05, 0) is 51.7 Å². The van der Waals surface area contributed by atoms with Crippen molar-refractivity contribution in [1.29, 1.82) is 0 Å². The third-order valence-corrected chi connectivity index (χ3v) is 3.12. The van der Waals surface area contributed by atoms with E-state index in [1.54, 1.807) is 0 Å². The summed E-state index contributed by atoms with van der Waals surface area (Å²) in [5.41, 5.74) is 0.585. The van der Waals surface area contributed by atoms with Crippen molar-refractivity contribution in [1.82, 2.24) is 10.6 Å². The van der Waals surface area contributed by atoms with Crippen molar-refractivity contribution < 1.29 is 0 Å². The summed E-state index contributed by atoms with van der Waals surface area (Å²) < 4.78 is 0. The van der Waals surface area contributed by atoms with Crippen LogP contribution in [0.4, 0.5) is 0 Å². The van der Waals surface area contributed by atoms with Crippen LogP contribution >= 0.6 is 0 Å². The molecule has 2 N–H and O–H groups in total. The molecule has 11 heavy (non-hydrogen) atoms. The van der Waals surface area contributed by atoms with E-state index >= 15 is 0 Å². The maximum Gasteiger partial charge on any atom is 0.0194 e. The van der Waals surface area contributed by atoms with Crippen LogP contribution in [0.5, 0.6) is 0 Å². The van der Waals surface area contributed by atoms with Gasteiger partial charge < -0.3 is 10.6 Å². The molecule has 0 atom stereocenters. The maximum absolute atomic E-state index is 3.60. The Morgan fingerprint density at radius 2 is 1.45 bits per heavy atom. The molecular formula is C9H18N2. The molecule has 1 spiro atoms. The molecular weight excluding hydrogens is 136 g/mol. The highest BCUT2D eigenvalue weighted by Crippen LogP contribution is 2.29. The molecule has 0 unspecified atom stereocenters. The maximum atomic E-state index is 3.60. The van der Waals surface area contributed by atoms with Gasteiger partial charge in [-0.1, -0.05) is 0 Å². The van der Waals surface area contributed by atoms with E-state index in [-0.39, 0.29) is 0 Å². The third-order valence-electron chi connectivity index (χ3n) is 3.12. The minimum absolute atomic E-state index is 0.585. The first-order valence-electron chi connectivity index (χ1n) is 4.87. The molecule has 2 rings (SSSR count). The molecule has 0 aromatic rings. The van der Waals surface area contributed by atoms with E-state index in [4.69, 9.17) is 0 Å². The molecule has 0 aromatic heterocycles. The summed E-state index contributed by atoms with van der Waals surface area (Å²) in [4.78, 5) is 0. The second-order valence-corrected chi connectivity index (χ2v) is 3.91. The third kappa shape index (κ3) is 1.57. The molecule has 64 valence electrons. The van der Waals surface area contributed by atoms with Crippen LogP contribution in [0.1, 0.15) is 32.1 Å². The number of nitrogens with one attached hydrogen (secondary N) is 2. The van der Waals surface area contributed by atoms with Gasteiger partial charge in [0.25, 0.3) is 0 Å². The Hall–Kier alpha value is -0.0800. The van der Waals surface area contributed by atoms with Crippen LogP contribution in [0.15, 0.2) is 0 Å². The summed E-state index contributed by atoms with van der Waals surface area (Å²) >= 11 is 0. The van der Waals surface area contributed by atoms with E-state index in [0.717, 1.165) is 0 Å². The molecule has 0 aromatic carbocycles. The average Bonchev–Trinajstić information content (AvgIpc) is 1.82. The lowest BCUT2D eigenvalue weighted by atomic mass is 9.79. The van der Waals surface area contributed by atoms with Crippen molar-refractivity contribution in [3.05, 3.63) is 0 Å². The van der Waals surface area contributed by atoms with Crippen LogP contribution in [-0.4, -0.2) is 25.2 Å². The van der Waals surface area contributed by atoms with Crippen molar-refractivity contribution in [2.24, 2.45) is 0 Å². The standard InChI is InChI=1S/C9H18N2/c1-3-9(5-8-11-9)4-2-7-10-6-1/h10-11H,1-8H2. The van der Waals surface area contributed by atoms with E-state index in [1.807, 2.05) is 0 Å². The molecule has 2 heteroatoms. The number of hydrogen-bond acceptors (Lipinski definition) is 2. The fourth-order valence-electron chi connectivity index (χ4n) is 2.26. The highest BCUT2D eigenvalue weighted by molar-refractivity contribution is 4.96. The van der Waals surface area contributed by atoms with E-state index in [2.05, 4.69) is 10.6 Å². The lowest BCUT2D eigenvalue weighted by Crippen LogP contribution is -2.57. The van der Waals surface area contributed by atoms with E-state index in [1.165, 1.54) is 51.7 Å². The van der Waals surface area contributed by atoms with Crippen LogP contribution < -0.4 is 10.6 Å². The Kier molecular flexibility index (Phi) is 2.14. The SMILES string of the molecule is C1CNCCCC2(C1)CCN2. The van der Waals surface area contributed by atoms with Gasteiger partial charge in [0, 0.05) is 5.54 Å². The highest BCUT2D eigenvalue weighted by Gasteiger charge is 2.35. The predicted octanol–water partition coefficient (Wildman–Crippen LogP) is 0.882. The number of hydrogen-bond donors (Lipinski definition) is 2. The zero-order valence-electron chi connectivity index (χ0n) is 7.16. The largest absolute Gasteiger partial charge is 0.317 e. The summed E-state index contributed by atoms with van der Waals surface area (Å²) in [6.07, 6.45) is 6.91. The Morgan fingerprint density at radius 3 is 1.91 bits per heavy atom. The van der Waals surface area contributed by atoms with Gasteiger partial charge in [0.1, 0.15) is 0 Å². The van der Waals surface area contributed by atoms with Crippen LogP contribution in [0.2, 0.25) is 0 Å². The van der Waals surface area contributed by atoms with Crippen molar-refractivity contribution >= 4 is 0 Å². The highest BCUT2D eigenvalue weighted by atomic mass is 15.0. The van der Waals surface area contributed by atoms with Crippen molar-refractivity contribution in [2.75, 3.05) is 19.6 Å². The van der Waals surface area contributed by atoms with E-state index < -0.39 is 0 Å². The Labute approximate surface area is 68.7 Å². The predicted molar refractivity (Wildman–Crippen MR) is 46.7 cm³/mol. The molecule has 2 heterocycles. The molecule has 2 saturated heterocycles. The summed E-state index contributed by atoms with van der Waals surface area (Å²) in [6, 6.07) is 0. The molecule has 0 radical (unpaired) electrons. The summed E-state index contributed by atoms with van der Waals surface area (Å²) in [5.74, 6) is 0.